The number of hydrogen-bond donors (Lipinski definition) is 2. The largest absolute Gasteiger partial charge is 0.496 e. The highest BCUT2D eigenvalue weighted by atomic mass is 35.5. The quantitative estimate of drug-likeness (QED) is 0.215. The summed E-state index contributed by atoms with van der Waals surface area (Å²) in [5.41, 5.74) is 3.10. The van der Waals surface area contributed by atoms with Crippen LogP contribution in [0.15, 0.2) is 60.7 Å². The van der Waals surface area contributed by atoms with Gasteiger partial charge in [-0.1, -0.05) is 43.1 Å². The van der Waals surface area contributed by atoms with Crippen molar-refractivity contribution < 1.29 is 24.2 Å². The average Bonchev–Trinajstić information content (AvgIpc) is 2.86. The van der Waals surface area contributed by atoms with E-state index in [0.29, 0.717) is 40.1 Å². The maximum atomic E-state index is 12.3. The van der Waals surface area contributed by atoms with Gasteiger partial charge in [0.25, 0.3) is 0 Å². The summed E-state index contributed by atoms with van der Waals surface area (Å²) in [5.74, 6) is 0.620. The number of halogens is 2. The van der Waals surface area contributed by atoms with Gasteiger partial charge < -0.3 is 19.9 Å². The summed E-state index contributed by atoms with van der Waals surface area (Å²) in [6, 6.07) is 18.2. The second-order valence-corrected chi connectivity index (χ2v) is 9.88. The van der Waals surface area contributed by atoms with Crippen molar-refractivity contribution in [3.63, 3.8) is 0 Å². The molecule has 1 atom stereocenters. The Balaban J connectivity index is 1.64. The second-order valence-electron chi connectivity index (χ2n) is 9.04. The molecule has 37 heavy (non-hydrogen) atoms. The predicted octanol–water partition coefficient (Wildman–Crippen LogP) is 7.62. The van der Waals surface area contributed by atoms with Gasteiger partial charge in [0.15, 0.2) is 5.78 Å². The lowest BCUT2D eigenvalue weighted by Crippen LogP contribution is -2.32. The molecule has 0 saturated heterocycles. The lowest BCUT2D eigenvalue weighted by atomic mass is 10.0. The van der Waals surface area contributed by atoms with Gasteiger partial charge in [0.2, 0.25) is 0 Å². The van der Waals surface area contributed by atoms with Gasteiger partial charge in [-0.15, -0.1) is 0 Å². The summed E-state index contributed by atoms with van der Waals surface area (Å²) in [5, 5.41) is 13.3. The highest BCUT2D eigenvalue weighted by molar-refractivity contribution is 6.36. The molecule has 196 valence electrons. The normalized spacial score (nSPS) is 11.7. The number of Topliss-reactive ketones (excluding diaryl/α,β-unsaturated/α-hetero) is 1. The number of rotatable bonds is 13. The molecule has 0 heterocycles. The minimum atomic E-state index is -0.894. The van der Waals surface area contributed by atoms with Crippen molar-refractivity contribution in [3.8, 4) is 22.6 Å². The molecule has 0 saturated carbocycles. The number of carboxylic acid groups (broad SMARTS) is 1. The number of methoxy groups -OCH3 is 1. The van der Waals surface area contributed by atoms with Crippen LogP contribution in [-0.4, -0.2) is 36.6 Å². The van der Waals surface area contributed by atoms with Crippen LogP contribution in [0.25, 0.3) is 11.1 Å². The molecule has 0 aliphatic heterocycles. The van der Waals surface area contributed by atoms with Crippen LogP contribution in [0.2, 0.25) is 10.0 Å². The van der Waals surface area contributed by atoms with Gasteiger partial charge >= 0.3 is 5.97 Å². The molecular weight excluding hydrogens is 513 g/mol. The highest BCUT2D eigenvalue weighted by Crippen LogP contribution is 2.38. The fraction of sp³-hybridized carbons (Fsp3) is 0.310. The number of carboxylic acids is 1. The molecule has 0 aliphatic rings. The first-order valence-corrected chi connectivity index (χ1v) is 12.8. The monoisotopic (exact) mass is 543 g/mol. The van der Waals surface area contributed by atoms with Crippen molar-refractivity contribution in [2.24, 2.45) is 5.92 Å². The Hall–Kier alpha value is -3.22. The summed E-state index contributed by atoms with van der Waals surface area (Å²) in [4.78, 5) is 22.9. The molecular formula is C29H31Cl2NO5. The Bertz CT molecular complexity index is 1230. The zero-order valence-corrected chi connectivity index (χ0v) is 22.6. The fourth-order valence-electron chi connectivity index (χ4n) is 3.79. The molecule has 8 heteroatoms. The Morgan fingerprint density at radius 2 is 1.65 bits per heavy atom. The Kier molecular flexibility index (Phi) is 10.2. The van der Waals surface area contributed by atoms with Crippen LogP contribution in [-0.2, 0) is 4.79 Å². The van der Waals surface area contributed by atoms with Gasteiger partial charge in [0.05, 0.1) is 18.2 Å². The van der Waals surface area contributed by atoms with Gasteiger partial charge in [-0.2, -0.15) is 0 Å². The van der Waals surface area contributed by atoms with E-state index in [2.05, 4.69) is 19.2 Å². The van der Waals surface area contributed by atoms with Crippen molar-refractivity contribution in [2.45, 2.75) is 39.2 Å². The lowest BCUT2D eigenvalue weighted by Gasteiger charge is -2.24. The van der Waals surface area contributed by atoms with Crippen LogP contribution in [0, 0.1) is 5.92 Å². The third kappa shape index (κ3) is 8.14. The molecule has 0 fully saturated rings. The summed E-state index contributed by atoms with van der Waals surface area (Å²) in [6.07, 6.45) is 0.540. The summed E-state index contributed by atoms with van der Waals surface area (Å²) in [7, 11) is 1.60. The molecule has 0 unspecified atom stereocenters. The number of aliphatic carboxylic acids is 1. The van der Waals surface area contributed by atoms with Gasteiger partial charge in [-0.25, -0.2) is 0 Å². The number of ketones is 1. The zero-order valence-electron chi connectivity index (χ0n) is 21.1. The maximum absolute atomic E-state index is 12.3. The SMILES string of the molecule is COc1cc(OC[C@@H](Nc2ccc(C(=O)CCCC(=O)O)cc2)C(C)C)ccc1-c1ccc(Cl)cc1Cl. The number of hydrogen-bond acceptors (Lipinski definition) is 5. The molecule has 0 radical (unpaired) electrons. The van der Waals surface area contributed by atoms with Crippen molar-refractivity contribution in [1.82, 2.24) is 0 Å². The number of ether oxygens (including phenoxy) is 2. The van der Waals surface area contributed by atoms with Crippen LogP contribution in [0.3, 0.4) is 0 Å². The predicted molar refractivity (Wildman–Crippen MR) is 148 cm³/mol. The molecule has 0 bridgehead atoms. The minimum absolute atomic E-state index is 0.00787. The Morgan fingerprint density at radius 3 is 2.27 bits per heavy atom. The van der Waals surface area contributed by atoms with Crippen LogP contribution in [0.5, 0.6) is 11.5 Å². The smallest absolute Gasteiger partial charge is 0.303 e. The van der Waals surface area contributed by atoms with E-state index >= 15 is 0 Å². The lowest BCUT2D eigenvalue weighted by molar-refractivity contribution is -0.137. The molecule has 0 aliphatic carbocycles. The third-order valence-corrected chi connectivity index (χ3v) is 6.53. The molecule has 0 aromatic heterocycles. The summed E-state index contributed by atoms with van der Waals surface area (Å²) >= 11 is 12.4. The molecule has 0 spiro atoms. The van der Waals surface area contributed by atoms with Crippen molar-refractivity contribution >= 4 is 40.6 Å². The van der Waals surface area contributed by atoms with Crippen LogP contribution < -0.4 is 14.8 Å². The van der Waals surface area contributed by atoms with Crippen molar-refractivity contribution in [1.29, 1.82) is 0 Å². The first kappa shape index (κ1) is 28.4. The molecule has 2 N–H and O–H groups in total. The Morgan fingerprint density at radius 1 is 0.946 bits per heavy atom. The minimum Gasteiger partial charge on any atom is -0.496 e. The van der Waals surface area contributed by atoms with E-state index in [9.17, 15) is 9.59 Å². The summed E-state index contributed by atoms with van der Waals surface area (Å²) < 4.78 is 11.7. The van der Waals surface area contributed by atoms with Gasteiger partial charge in [-0.3, -0.25) is 9.59 Å². The Labute approximate surface area is 227 Å². The number of carbonyl (C=O) groups excluding carboxylic acids is 1. The number of nitrogens with one attached hydrogen (secondary N) is 1. The van der Waals surface area contributed by atoms with E-state index in [1.807, 2.05) is 36.4 Å². The zero-order chi connectivity index (χ0) is 26.9. The molecule has 3 aromatic rings. The van der Waals surface area contributed by atoms with Gasteiger partial charge in [-0.05, 0) is 60.9 Å². The summed E-state index contributed by atoms with van der Waals surface area (Å²) in [6.45, 7) is 4.62. The van der Waals surface area contributed by atoms with Crippen LogP contribution in [0.1, 0.15) is 43.5 Å². The maximum Gasteiger partial charge on any atom is 0.303 e. The second kappa shape index (κ2) is 13.4. The van der Waals surface area contributed by atoms with Gasteiger partial charge in [0.1, 0.15) is 18.1 Å². The number of benzene rings is 3. The van der Waals surface area contributed by atoms with E-state index in [-0.39, 0.29) is 30.6 Å². The topological polar surface area (TPSA) is 84.9 Å². The van der Waals surface area contributed by atoms with E-state index in [1.165, 1.54) is 0 Å². The van der Waals surface area contributed by atoms with Crippen LogP contribution in [0.4, 0.5) is 5.69 Å². The molecule has 3 aromatic carbocycles. The first-order chi connectivity index (χ1) is 17.7. The van der Waals surface area contributed by atoms with Crippen molar-refractivity contribution in [3.05, 3.63) is 76.3 Å². The average molecular weight is 544 g/mol. The first-order valence-electron chi connectivity index (χ1n) is 12.1. The van der Waals surface area contributed by atoms with Crippen molar-refractivity contribution in [2.75, 3.05) is 19.0 Å². The molecule has 6 nitrogen and oxygen atoms in total. The molecule has 3 rings (SSSR count). The standard InChI is InChI=1S/C29H31Cl2NO5/c1-18(2)26(32-21-10-7-19(8-11-21)27(33)5-4-6-29(34)35)17-37-22-12-14-24(28(16-22)36-3)23-13-9-20(30)15-25(23)31/h7-16,18,26,32H,4-6,17H2,1-3H3,(H,34,35)/t26-/m1/s1. The fourth-order valence-corrected chi connectivity index (χ4v) is 4.30. The van der Waals surface area contributed by atoms with E-state index < -0.39 is 5.97 Å². The number of anilines is 1. The van der Waals surface area contributed by atoms with E-state index in [0.717, 1.165) is 16.8 Å². The van der Waals surface area contributed by atoms with E-state index in [4.69, 9.17) is 37.8 Å². The third-order valence-electron chi connectivity index (χ3n) is 5.98. The van der Waals surface area contributed by atoms with Gasteiger partial charge in [0, 0.05) is 46.3 Å². The number of carbonyl (C=O) groups is 2. The van der Waals surface area contributed by atoms with E-state index in [1.54, 1.807) is 31.4 Å². The van der Waals surface area contributed by atoms with Crippen LogP contribution >= 0.6 is 23.2 Å². The highest BCUT2D eigenvalue weighted by Gasteiger charge is 2.17. The molecule has 0 amide bonds.